The van der Waals surface area contributed by atoms with E-state index in [0.29, 0.717) is 0 Å². The summed E-state index contributed by atoms with van der Waals surface area (Å²) >= 11 is 0. The molecule has 1 aromatic rings. The van der Waals surface area contributed by atoms with Gasteiger partial charge in [-0.05, 0) is 31.9 Å². The maximum Gasteiger partial charge on any atom is 0.111 e. The standard InChI is InChI=1S/C13H23N3O/c1-3-9-16-12(5-7-15-16)13(17)6-8-14-10-11(13)4-2/h5,7,11,14,17H,3-4,6,8-10H2,1-2H3. The fourth-order valence-electron chi connectivity index (χ4n) is 2.84. The van der Waals surface area contributed by atoms with Gasteiger partial charge in [0.05, 0.1) is 5.69 Å². The first kappa shape index (κ1) is 12.6. The number of aryl methyl sites for hydroxylation is 1. The highest BCUT2D eigenvalue weighted by molar-refractivity contribution is 5.15. The number of aliphatic hydroxyl groups is 1. The molecule has 0 radical (unpaired) electrons. The quantitative estimate of drug-likeness (QED) is 0.834. The summed E-state index contributed by atoms with van der Waals surface area (Å²) in [6, 6.07) is 1.98. The van der Waals surface area contributed by atoms with Crippen LogP contribution in [-0.2, 0) is 12.1 Å². The van der Waals surface area contributed by atoms with Crippen LogP contribution in [0.3, 0.4) is 0 Å². The van der Waals surface area contributed by atoms with Crippen LogP contribution in [0.25, 0.3) is 0 Å². The largest absolute Gasteiger partial charge is 0.383 e. The molecule has 1 aromatic heterocycles. The lowest BCUT2D eigenvalue weighted by Gasteiger charge is -2.40. The highest BCUT2D eigenvalue weighted by atomic mass is 16.3. The summed E-state index contributed by atoms with van der Waals surface area (Å²) in [6.07, 6.45) is 4.61. The topological polar surface area (TPSA) is 50.1 Å². The van der Waals surface area contributed by atoms with Gasteiger partial charge in [-0.3, -0.25) is 4.68 Å². The second-order valence-corrected chi connectivity index (χ2v) is 4.92. The molecule has 1 saturated heterocycles. The summed E-state index contributed by atoms with van der Waals surface area (Å²) in [5, 5.41) is 18.7. The minimum atomic E-state index is -0.703. The third-order valence-electron chi connectivity index (χ3n) is 3.84. The summed E-state index contributed by atoms with van der Waals surface area (Å²) < 4.78 is 1.97. The molecule has 1 fully saturated rings. The first-order valence-corrected chi connectivity index (χ1v) is 6.67. The van der Waals surface area contributed by atoms with Gasteiger partial charge >= 0.3 is 0 Å². The van der Waals surface area contributed by atoms with E-state index in [1.165, 1.54) is 0 Å². The Hall–Kier alpha value is -0.870. The van der Waals surface area contributed by atoms with E-state index in [-0.39, 0.29) is 5.92 Å². The van der Waals surface area contributed by atoms with E-state index in [1.807, 2.05) is 10.7 Å². The second kappa shape index (κ2) is 5.19. The fourth-order valence-corrected chi connectivity index (χ4v) is 2.84. The Labute approximate surface area is 103 Å². The van der Waals surface area contributed by atoms with Crippen LogP contribution in [0.1, 0.15) is 38.8 Å². The van der Waals surface area contributed by atoms with Gasteiger partial charge in [0.1, 0.15) is 5.60 Å². The number of rotatable bonds is 4. The molecule has 2 heterocycles. The first-order chi connectivity index (χ1) is 8.22. The SMILES string of the molecule is CCCn1nccc1C1(O)CCNCC1CC. The van der Waals surface area contributed by atoms with Gasteiger partial charge in [0.2, 0.25) is 0 Å². The number of hydrogen-bond acceptors (Lipinski definition) is 3. The van der Waals surface area contributed by atoms with Crippen molar-refractivity contribution in [3.63, 3.8) is 0 Å². The van der Waals surface area contributed by atoms with Gasteiger partial charge < -0.3 is 10.4 Å². The third kappa shape index (κ3) is 2.24. The highest BCUT2D eigenvalue weighted by Gasteiger charge is 2.41. The van der Waals surface area contributed by atoms with E-state index in [0.717, 1.165) is 44.6 Å². The summed E-state index contributed by atoms with van der Waals surface area (Å²) in [5.41, 5.74) is 0.291. The number of nitrogens with zero attached hydrogens (tertiary/aromatic N) is 2. The second-order valence-electron chi connectivity index (χ2n) is 4.92. The van der Waals surface area contributed by atoms with Crippen LogP contribution in [-0.4, -0.2) is 28.0 Å². The lowest BCUT2D eigenvalue weighted by Crippen LogP contribution is -2.49. The Kier molecular flexibility index (Phi) is 3.84. The maximum absolute atomic E-state index is 11.0. The van der Waals surface area contributed by atoms with Crippen molar-refractivity contribution in [2.75, 3.05) is 13.1 Å². The average Bonchev–Trinajstić information content (AvgIpc) is 2.79. The van der Waals surface area contributed by atoms with E-state index in [1.54, 1.807) is 6.20 Å². The fraction of sp³-hybridized carbons (Fsp3) is 0.769. The van der Waals surface area contributed by atoms with E-state index in [9.17, 15) is 5.11 Å². The summed E-state index contributed by atoms with van der Waals surface area (Å²) in [7, 11) is 0. The van der Waals surface area contributed by atoms with Crippen molar-refractivity contribution in [2.45, 2.75) is 45.3 Å². The molecule has 0 saturated carbocycles. The molecule has 17 heavy (non-hydrogen) atoms. The Morgan fingerprint density at radius 2 is 2.41 bits per heavy atom. The molecule has 0 aromatic carbocycles. The van der Waals surface area contributed by atoms with Crippen molar-refractivity contribution in [2.24, 2.45) is 5.92 Å². The summed E-state index contributed by atoms with van der Waals surface area (Å²) in [4.78, 5) is 0. The number of piperidine rings is 1. The Balaban J connectivity index is 2.31. The van der Waals surface area contributed by atoms with E-state index < -0.39 is 5.60 Å². The average molecular weight is 237 g/mol. The highest BCUT2D eigenvalue weighted by Crippen LogP contribution is 2.36. The molecule has 4 heteroatoms. The van der Waals surface area contributed by atoms with Gasteiger partial charge in [0.25, 0.3) is 0 Å². The van der Waals surface area contributed by atoms with Gasteiger partial charge in [-0.1, -0.05) is 13.8 Å². The van der Waals surface area contributed by atoms with Crippen molar-refractivity contribution in [3.05, 3.63) is 18.0 Å². The molecule has 2 unspecified atom stereocenters. The molecule has 2 rings (SSSR count). The Morgan fingerprint density at radius 1 is 1.59 bits per heavy atom. The monoisotopic (exact) mass is 237 g/mol. The Bertz CT molecular complexity index is 363. The molecule has 0 bridgehead atoms. The lowest BCUT2D eigenvalue weighted by atomic mass is 9.77. The molecular formula is C13H23N3O. The van der Waals surface area contributed by atoms with Gasteiger partial charge in [-0.15, -0.1) is 0 Å². The number of nitrogens with one attached hydrogen (secondary N) is 1. The van der Waals surface area contributed by atoms with Crippen molar-refractivity contribution >= 4 is 0 Å². The predicted octanol–water partition coefficient (Wildman–Crippen LogP) is 1.50. The first-order valence-electron chi connectivity index (χ1n) is 6.67. The van der Waals surface area contributed by atoms with E-state index in [2.05, 4.69) is 24.3 Å². The zero-order valence-corrected chi connectivity index (χ0v) is 10.8. The molecule has 4 nitrogen and oxygen atoms in total. The lowest BCUT2D eigenvalue weighted by molar-refractivity contribution is -0.0549. The van der Waals surface area contributed by atoms with Crippen molar-refractivity contribution < 1.29 is 5.11 Å². The molecule has 1 aliphatic heterocycles. The molecule has 2 N–H and O–H groups in total. The summed E-state index contributed by atoms with van der Waals surface area (Å²) in [5.74, 6) is 0.281. The molecule has 0 spiro atoms. The normalized spacial score (nSPS) is 29.5. The minimum Gasteiger partial charge on any atom is -0.383 e. The molecule has 2 atom stereocenters. The van der Waals surface area contributed by atoms with Crippen LogP contribution in [0.4, 0.5) is 0 Å². The zero-order valence-electron chi connectivity index (χ0n) is 10.8. The minimum absolute atomic E-state index is 0.281. The van der Waals surface area contributed by atoms with Gasteiger partial charge in [-0.2, -0.15) is 5.10 Å². The van der Waals surface area contributed by atoms with Crippen LogP contribution >= 0.6 is 0 Å². The van der Waals surface area contributed by atoms with Crippen LogP contribution < -0.4 is 5.32 Å². The molecule has 96 valence electrons. The third-order valence-corrected chi connectivity index (χ3v) is 3.84. The van der Waals surface area contributed by atoms with Crippen LogP contribution in [0.2, 0.25) is 0 Å². The zero-order chi connectivity index (χ0) is 12.3. The molecular weight excluding hydrogens is 214 g/mol. The van der Waals surface area contributed by atoms with Crippen molar-refractivity contribution in [1.29, 1.82) is 0 Å². The Morgan fingerprint density at radius 3 is 3.12 bits per heavy atom. The number of aromatic nitrogens is 2. The van der Waals surface area contributed by atoms with Crippen LogP contribution in [0, 0.1) is 5.92 Å². The van der Waals surface area contributed by atoms with Gasteiger partial charge in [-0.25, -0.2) is 0 Å². The smallest absolute Gasteiger partial charge is 0.111 e. The number of hydrogen-bond donors (Lipinski definition) is 2. The van der Waals surface area contributed by atoms with Crippen molar-refractivity contribution in [3.8, 4) is 0 Å². The molecule has 1 aliphatic rings. The maximum atomic E-state index is 11.0. The van der Waals surface area contributed by atoms with E-state index in [4.69, 9.17) is 0 Å². The molecule has 0 amide bonds. The summed E-state index contributed by atoms with van der Waals surface area (Å²) in [6.45, 7) is 6.93. The van der Waals surface area contributed by atoms with Crippen LogP contribution in [0.15, 0.2) is 12.3 Å². The van der Waals surface area contributed by atoms with Crippen LogP contribution in [0.5, 0.6) is 0 Å². The molecule has 0 aliphatic carbocycles. The van der Waals surface area contributed by atoms with Gasteiger partial charge in [0.15, 0.2) is 0 Å². The van der Waals surface area contributed by atoms with Gasteiger partial charge in [0, 0.05) is 25.2 Å². The predicted molar refractivity (Wildman–Crippen MR) is 67.7 cm³/mol. The van der Waals surface area contributed by atoms with Crippen molar-refractivity contribution in [1.82, 2.24) is 15.1 Å². The van der Waals surface area contributed by atoms with E-state index >= 15 is 0 Å².